The molecule has 0 spiro atoms. The predicted octanol–water partition coefficient (Wildman–Crippen LogP) is -3.66. The quantitative estimate of drug-likeness (QED) is 0.0523. The minimum absolute atomic E-state index is 0.00500. The van der Waals surface area contributed by atoms with Crippen LogP contribution in [0.3, 0.4) is 0 Å². The lowest BCUT2D eigenvalue weighted by molar-refractivity contribution is -0.148. The number of hydrogen-bond donors (Lipinski definition) is 16. The van der Waals surface area contributed by atoms with E-state index in [1.807, 2.05) is 6.92 Å². The summed E-state index contributed by atoms with van der Waals surface area (Å²) in [5.74, 6) is -17.3. The fourth-order valence-corrected chi connectivity index (χ4v) is 11.1. The second kappa shape index (κ2) is 39.5. The number of unbranched alkanes of at least 4 members (excludes halogenated alkanes) is 2. The van der Waals surface area contributed by atoms with Crippen molar-refractivity contribution in [3.63, 3.8) is 0 Å². The molecule has 2 saturated heterocycles. The number of likely N-dealkylation sites (N-methyl/N-ethyl adjacent to an activating group) is 1. The lowest BCUT2D eigenvalue weighted by Gasteiger charge is -2.36. The Kier molecular flexibility index (Phi) is 34.7. The van der Waals surface area contributed by atoms with Gasteiger partial charge in [0.25, 0.3) is 0 Å². The van der Waals surface area contributed by atoms with Crippen LogP contribution < -0.4 is 64.6 Å². The fraction of sp³-hybridized carbons (Fsp3) is 0.778. The highest BCUT2D eigenvalue weighted by molar-refractivity contribution is 6.01. The number of rotatable bonds is 20. The van der Waals surface area contributed by atoms with E-state index >= 15 is 0 Å². The van der Waals surface area contributed by atoms with Crippen LogP contribution in [0.4, 0.5) is 0 Å². The molecule has 2 rings (SSSR count). The van der Waals surface area contributed by atoms with E-state index in [1.165, 1.54) is 20.8 Å². The van der Waals surface area contributed by atoms with Crippen molar-refractivity contribution in [1.82, 2.24) is 63.0 Å². The lowest BCUT2D eigenvalue weighted by Crippen LogP contribution is -2.65. The minimum Gasteiger partial charge on any atom is -0.391 e. The number of amides is 14. The van der Waals surface area contributed by atoms with Gasteiger partial charge in [0.1, 0.15) is 66.5 Å². The third kappa shape index (κ3) is 25.8. The van der Waals surface area contributed by atoms with Crippen molar-refractivity contribution in [1.29, 1.82) is 0 Å². The molecule has 14 amide bonds. The summed E-state index contributed by atoms with van der Waals surface area (Å²) in [6.45, 7) is 21.8. The second-order valence-corrected chi connectivity index (χ2v) is 26.8. The Hall–Kier alpha value is -7.58. The highest BCUT2D eigenvalue weighted by Gasteiger charge is 2.45. The minimum atomic E-state index is -2.53. The molecule has 540 valence electrons. The zero-order chi connectivity index (χ0) is 72.6. The molecule has 2 heterocycles. The Morgan fingerprint density at radius 2 is 1.03 bits per heavy atom. The zero-order valence-electron chi connectivity index (χ0n) is 57.9. The molecule has 0 radical (unpaired) electrons. The van der Waals surface area contributed by atoms with E-state index in [9.17, 15) is 87.5 Å². The van der Waals surface area contributed by atoms with E-state index in [2.05, 4.69) is 53.2 Å². The van der Waals surface area contributed by atoms with Crippen LogP contribution in [-0.4, -0.2) is 223 Å². The molecular weight excluding hydrogens is 1240 g/mol. The summed E-state index contributed by atoms with van der Waals surface area (Å²) in [6, 6.07) is -19.0. The number of primary amides is 2. The van der Waals surface area contributed by atoms with Crippen molar-refractivity contribution in [2.45, 2.75) is 271 Å². The Morgan fingerprint density at radius 1 is 0.537 bits per heavy atom. The third-order valence-corrected chi connectivity index (χ3v) is 16.9. The van der Waals surface area contributed by atoms with Crippen LogP contribution in [0, 0.1) is 29.6 Å². The van der Waals surface area contributed by atoms with Crippen LogP contribution in [0.15, 0.2) is 0 Å². The topological polar surface area (TPSA) is 499 Å². The van der Waals surface area contributed by atoms with Gasteiger partial charge in [-0.3, -0.25) is 67.1 Å². The number of nitrogens with one attached hydrogen (secondary N) is 10. The van der Waals surface area contributed by atoms with Gasteiger partial charge in [-0.15, -0.1) is 0 Å². The van der Waals surface area contributed by atoms with E-state index in [0.717, 1.165) is 30.2 Å². The summed E-state index contributed by atoms with van der Waals surface area (Å²) < 4.78 is 0. The molecule has 0 aromatic rings. The van der Waals surface area contributed by atoms with Crippen LogP contribution >= 0.6 is 0 Å². The second-order valence-electron chi connectivity index (χ2n) is 26.8. The Labute approximate surface area is 556 Å². The van der Waals surface area contributed by atoms with Crippen LogP contribution in [0.25, 0.3) is 0 Å². The number of carbonyl (C=O) groups excluding carboxylic acids is 14. The van der Waals surface area contributed by atoms with Crippen molar-refractivity contribution in [3.05, 3.63) is 0 Å². The number of nitrogens with two attached hydrogens (primary N) is 2. The van der Waals surface area contributed by atoms with Crippen LogP contribution in [0.1, 0.15) is 174 Å². The smallest absolute Gasteiger partial charge is 0.248 e. The van der Waals surface area contributed by atoms with E-state index in [1.54, 1.807) is 62.3 Å². The molecule has 95 heavy (non-hydrogen) atoms. The molecule has 2 aliphatic rings. The van der Waals surface area contributed by atoms with E-state index in [0.29, 0.717) is 12.8 Å². The van der Waals surface area contributed by atoms with Crippen LogP contribution in [0.5, 0.6) is 0 Å². The lowest BCUT2D eigenvalue weighted by atomic mass is 9.95. The van der Waals surface area contributed by atoms with Gasteiger partial charge in [-0.2, -0.15) is 0 Å². The predicted molar refractivity (Wildman–Crippen MR) is 346 cm³/mol. The standard InChI is InChI=1S/C63H110N14O18/c1-16-18-19-21-37-28-43(81)71-44(31(7)8)57(89)74-47(50(82)32(9)10)59(91)66-34(12)53(85)69-39(26-29(3)4)54(86)68-38(23-24-42(64)80)62(94)76(15)49(33(11)17-2)61(93)75-48(51(83)52(65)84)60(92)73-46(36(14)79)63(95)77-25-20-22-41(77)56(88)70-40(27-30(5)6)55(87)72-45(35(13)78)58(90)67-37/h29-41,44-51,78-79,82-83H,16-28H2,1-15H3,(H2,64,80)(H2,65,84)(H,66,91)(H,67,90)(H,68,86)(H,69,85)(H,70,88)(H,71,81)(H,72,87)(H,73,92)(H,74,89)(H,75,93)/t33?,34?,35?,36?,37-,38?,39?,40-,41?,44?,45?,46?,47?,48?,49?,50?,51?/m1/s1. The Bertz CT molecular complexity index is 2680. The molecule has 0 aliphatic carbocycles. The van der Waals surface area contributed by atoms with Crippen molar-refractivity contribution in [3.8, 4) is 0 Å². The maximum Gasteiger partial charge on any atom is 0.248 e. The summed E-state index contributed by atoms with van der Waals surface area (Å²) in [5, 5.41) is 69.9. The monoisotopic (exact) mass is 1350 g/mol. The van der Waals surface area contributed by atoms with Crippen molar-refractivity contribution in [2.75, 3.05) is 13.6 Å². The van der Waals surface area contributed by atoms with Gasteiger partial charge in [0.05, 0.1) is 18.3 Å². The van der Waals surface area contributed by atoms with Crippen LogP contribution in [-0.2, 0) is 67.1 Å². The van der Waals surface area contributed by atoms with E-state index in [-0.39, 0.29) is 56.9 Å². The van der Waals surface area contributed by atoms with Gasteiger partial charge < -0.3 is 94.9 Å². The van der Waals surface area contributed by atoms with Gasteiger partial charge in [-0.1, -0.05) is 102 Å². The molecule has 0 saturated carbocycles. The summed E-state index contributed by atoms with van der Waals surface area (Å²) >= 11 is 0. The first kappa shape index (κ1) is 83.5. The van der Waals surface area contributed by atoms with E-state index < -0.39 is 217 Å². The number of carbonyl (C=O) groups is 14. The highest BCUT2D eigenvalue weighted by atomic mass is 16.3. The average molecular weight is 1350 g/mol. The molecule has 0 aromatic heterocycles. The first-order valence-corrected chi connectivity index (χ1v) is 33.1. The van der Waals surface area contributed by atoms with Gasteiger partial charge in [-0.25, -0.2) is 0 Å². The largest absolute Gasteiger partial charge is 0.391 e. The maximum atomic E-state index is 14.7. The Morgan fingerprint density at radius 3 is 1.54 bits per heavy atom. The van der Waals surface area contributed by atoms with E-state index in [4.69, 9.17) is 11.5 Å². The molecule has 15 unspecified atom stereocenters. The normalized spacial score (nSPS) is 28.1. The Balaban J connectivity index is 2.95. The summed E-state index contributed by atoms with van der Waals surface area (Å²) in [6.07, 6.45) is -6.48. The summed E-state index contributed by atoms with van der Waals surface area (Å²) in [7, 11) is 1.15. The molecule has 17 atom stereocenters. The number of hydrogen-bond acceptors (Lipinski definition) is 18. The maximum absolute atomic E-state index is 14.7. The first-order chi connectivity index (χ1) is 44.2. The molecule has 18 N–H and O–H groups in total. The van der Waals surface area contributed by atoms with Gasteiger partial charge in [0.15, 0.2) is 6.10 Å². The number of fused-ring (bicyclic) bond motifs is 1. The molecular formula is C63H110N14O18. The fourth-order valence-electron chi connectivity index (χ4n) is 11.1. The first-order valence-electron chi connectivity index (χ1n) is 33.1. The zero-order valence-corrected chi connectivity index (χ0v) is 57.9. The number of aliphatic hydroxyl groups excluding tert-OH is 4. The summed E-state index contributed by atoms with van der Waals surface area (Å²) in [4.78, 5) is 199. The third-order valence-electron chi connectivity index (χ3n) is 16.9. The highest BCUT2D eigenvalue weighted by Crippen LogP contribution is 2.23. The molecule has 2 fully saturated rings. The summed E-state index contributed by atoms with van der Waals surface area (Å²) in [5.41, 5.74) is 11.0. The average Bonchev–Trinajstić information content (AvgIpc) is 1.81. The van der Waals surface area contributed by atoms with Crippen molar-refractivity contribution < 1.29 is 87.5 Å². The molecule has 32 nitrogen and oxygen atoms in total. The van der Waals surface area contributed by atoms with Crippen LogP contribution in [0.2, 0.25) is 0 Å². The SMILES string of the molecule is CCCCC[C@@H]1CC(=O)NC(C(C)C)C(=O)NC(C(O)C(C)C)C(=O)NC(C)C(=O)NC(CC(C)C)C(=O)NC(CCC(N)=O)C(=O)N(C)C(C(C)CC)C(=O)NC(C(O)C(N)=O)C(=O)NC(C(C)O)C(=O)N2CCCC2C(=O)N[C@H](CC(C)C)C(=O)NC(C(C)O)C(=O)N1. The van der Waals surface area contributed by atoms with Crippen molar-refractivity contribution >= 4 is 82.7 Å². The number of nitrogens with zero attached hydrogens (tertiary/aromatic N) is 2. The van der Waals surface area contributed by atoms with Gasteiger partial charge >= 0.3 is 0 Å². The van der Waals surface area contributed by atoms with Gasteiger partial charge in [-0.05, 0) is 88.9 Å². The molecule has 0 bridgehead atoms. The van der Waals surface area contributed by atoms with Crippen molar-refractivity contribution in [2.24, 2.45) is 41.1 Å². The van der Waals surface area contributed by atoms with Gasteiger partial charge in [0.2, 0.25) is 82.7 Å². The molecule has 0 aromatic carbocycles. The molecule has 2 aliphatic heterocycles. The van der Waals surface area contributed by atoms with Gasteiger partial charge in [0, 0.05) is 32.5 Å². The number of aliphatic hydroxyl groups is 4. The molecule has 32 heteroatoms.